The first-order valence-corrected chi connectivity index (χ1v) is 19.4. The van der Waals surface area contributed by atoms with Gasteiger partial charge in [-0.2, -0.15) is 0 Å². The van der Waals surface area contributed by atoms with Gasteiger partial charge in [0.1, 0.15) is 0 Å². The summed E-state index contributed by atoms with van der Waals surface area (Å²) in [6, 6.07) is 34.0. The second-order valence-electron chi connectivity index (χ2n) is 14.5. The maximum absolute atomic E-state index is 12.6. The molecule has 2 amide bonds. The summed E-state index contributed by atoms with van der Waals surface area (Å²) >= 11 is 0. The molecule has 2 aliphatic heterocycles. The molecule has 0 spiro atoms. The van der Waals surface area contributed by atoms with Crippen LogP contribution in [0, 0.1) is 0 Å². The molecule has 286 valence electrons. The van der Waals surface area contributed by atoms with E-state index in [-0.39, 0.29) is 30.6 Å². The lowest BCUT2D eigenvalue weighted by Crippen LogP contribution is -2.49. The van der Waals surface area contributed by atoms with Gasteiger partial charge in [-0.25, -0.2) is 0 Å². The average molecular weight is 734 g/mol. The van der Waals surface area contributed by atoms with Crippen LogP contribution in [0.3, 0.4) is 0 Å². The van der Waals surface area contributed by atoms with Gasteiger partial charge in [-0.3, -0.25) is 19.4 Å². The third-order valence-electron chi connectivity index (χ3n) is 10.3. The summed E-state index contributed by atoms with van der Waals surface area (Å²) in [4.78, 5) is 29.8. The molecule has 2 saturated heterocycles. The van der Waals surface area contributed by atoms with E-state index in [9.17, 15) is 14.7 Å². The molecule has 0 bridgehead atoms. The molecule has 0 radical (unpaired) electrons. The fourth-order valence-corrected chi connectivity index (χ4v) is 7.12. The molecule has 10 heteroatoms. The summed E-state index contributed by atoms with van der Waals surface area (Å²) in [5, 5.41) is 15.5. The van der Waals surface area contributed by atoms with Crippen LogP contribution in [0.1, 0.15) is 85.2 Å². The zero-order valence-electron chi connectivity index (χ0n) is 31.2. The zero-order valence-corrected chi connectivity index (χ0v) is 31.2. The first-order valence-electron chi connectivity index (χ1n) is 19.4. The lowest BCUT2D eigenvalue weighted by Gasteiger charge is -2.40. The molecule has 4 aromatic rings. The van der Waals surface area contributed by atoms with Crippen LogP contribution >= 0.6 is 0 Å². The third-order valence-corrected chi connectivity index (χ3v) is 10.3. The quantitative estimate of drug-likeness (QED) is 0.0696. The largest absolute Gasteiger partial charge is 0.397 e. The van der Waals surface area contributed by atoms with Crippen molar-refractivity contribution in [3.8, 4) is 0 Å². The number of aliphatic hydroxyl groups excluding tert-OH is 1. The van der Waals surface area contributed by atoms with Gasteiger partial charge in [0.05, 0.1) is 30.2 Å². The summed E-state index contributed by atoms with van der Waals surface area (Å²) in [7, 11) is 0. The minimum Gasteiger partial charge on any atom is -0.397 e. The minimum atomic E-state index is -0.517. The molecule has 4 aromatic carbocycles. The number of carbonyl (C=O) groups excluding carboxylic acids is 2. The van der Waals surface area contributed by atoms with Crippen LogP contribution in [0.4, 0.5) is 11.4 Å². The Kier molecular flexibility index (Phi) is 14.6. The lowest BCUT2D eigenvalue weighted by molar-refractivity contribution is -0.253. The Morgan fingerprint density at radius 2 is 1.31 bits per heavy atom. The van der Waals surface area contributed by atoms with Gasteiger partial charge >= 0.3 is 0 Å². The van der Waals surface area contributed by atoms with E-state index in [0.717, 1.165) is 93.6 Å². The van der Waals surface area contributed by atoms with Gasteiger partial charge < -0.3 is 30.9 Å². The molecule has 5 N–H and O–H groups in total. The molecule has 10 nitrogen and oxygen atoms in total. The number of anilines is 2. The summed E-state index contributed by atoms with van der Waals surface area (Å²) in [5.74, 6) is -0.0236. The minimum absolute atomic E-state index is 0.00304. The smallest absolute Gasteiger partial charge is 0.224 e. The van der Waals surface area contributed by atoms with Crippen LogP contribution in [0.5, 0.6) is 0 Å². The van der Waals surface area contributed by atoms with E-state index in [4.69, 9.17) is 15.2 Å². The first-order chi connectivity index (χ1) is 26.4. The molecule has 54 heavy (non-hydrogen) atoms. The Labute approximate surface area is 319 Å². The van der Waals surface area contributed by atoms with E-state index in [0.29, 0.717) is 30.8 Å². The van der Waals surface area contributed by atoms with Crippen molar-refractivity contribution in [1.29, 1.82) is 0 Å². The summed E-state index contributed by atoms with van der Waals surface area (Å²) in [6.07, 6.45) is 4.31. The van der Waals surface area contributed by atoms with Crippen molar-refractivity contribution in [3.63, 3.8) is 0 Å². The maximum atomic E-state index is 12.6. The Balaban J connectivity index is 0.944. The lowest BCUT2D eigenvalue weighted by atomic mass is 9.99. The van der Waals surface area contributed by atoms with E-state index in [1.807, 2.05) is 60.7 Å². The predicted octanol–water partition coefficient (Wildman–Crippen LogP) is 6.72. The van der Waals surface area contributed by atoms with Crippen molar-refractivity contribution in [2.24, 2.45) is 0 Å². The number of hydrogen-bond acceptors (Lipinski definition) is 8. The molecule has 6 rings (SSSR count). The van der Waals surface area contributed by atoms with Crippen LogP contribution in [-0.2, 0) is 38.8 Å². The molecule has 2 aliphatic rings. The van der Waals surface area contributed by atoms with Gasteiger partial charge in [-0.05, 0) is 47.2 Å². The van der Waals surface area contributed by atoms with Gasteiger partial charge in [-0.15, -0.1) is 0 Å². The number of nitrogen functional groups attached to an aromatic ring is 1. The second kappa shape index (κ2) is 20.2. The number of piperazine rings is 1. The highest BCUT2D eigenvalue weighted by Crippen LogP contribution is 2.38. The summed E-state index contributed by atoms with van der Waals surface area (Å²) in [6.45, 7) is 6.33. The van der Waals surface area contributed by atoms with Crippen molar-refractivity contribution in [1.82, 2.24) is 15.1 Å². The molecule has 2 heterocycles. The fraction of sp³-hybridized carbons (Fsp3) is 0.409. The summed E-state index contributed by atoms with van der Waals surface area (Å²) in [5.41, 5.74) is 12.4. The van der Waals surface area contributed by atoms with Crippen LogP contribution < -0.4 is 16.4 Å². The number of para-hydroxylation sites is 2. The van der Waals surface area contributed by atoms with Crippen molar-refractivity contribution < 1.29 is 24.2 Å². The van der Waals surface area contributed by atoms with Gasteiger partial charge in [0.15, 0.2) is 6.29 Å². The first kappa shape index (κ1) is 39.1. The number of unbranched alkanes of at least 4 members (excludes halogenated alkanes) is 3. The number of amides is 2. The number of rotatable bonds is 17. The van der Waals surface area contributed by atoms with E-state index in [1.54, 1.807) is 12.1 Å². The number of nitrogens with one attached hydrogen (secondary N) is 2. The predicted molar refractivity (Wildman–Crippen MR) is 212 cm³/mol. The average Bonchev–Trinajstić information content (AvgIpc) is 3.20. The standard InChI is InChI=1S/C44H55N5O5/c45-39-12-8-9-13-40(39)47-43(52)15-7-2-1-6-14-42(51)46-29-33-16-22-37(23-17-33)44-53-38(28-41(54-44)36-20-18-35(32-50)19-21-36)31-49-26-24-48(25-27-49)30-34-10-4-3-5-11-34/h3-5,8-13,16-23,38,41,44,50H,1-2,6-7,14-15,24-32,45H2,(H,46,51)(H,47,52)/t38-,41+,44+/m0/s1. The van der Waals surface area contributed by atoms with Crippen LogP contribution in [-0.4, -0.2) is 65.5 Å². The van der Waals surface area contributed by atoms with E-state index < -0.39 is 6.29 Å². The molecule has 2 fully saturated rings. The topological polar surface area (TPSA) is 129 Å². The highest BCUT2D eigenvalue weighted by atomic mass is 16.7. The normalized spacial score (nSPS) is 19.3. The third kappa shape index (κ3) is 12.0. The number of ether oxygens (including phenoxy) is 2. The van der Waals surface area contributed by atoms with Crippen LogP contribution in [0.25, 0.3) is 0 Å². The van der Waals surface area contributed by atoms with Gasteiger partial charge in [-0.1, -0.05) is 104 Å². The Hall–Kier alpha value is -4.58. The number of nitrogens with two attached hydrogens (primary N) is 1. The molecule has 0 unspecified atom stereocenters. The van der Waals surface area contributed by atoms with Crippen LogP contribution in [0.2, 0.25) is 0 Å². The summed E-state index contributed by atoms with van der Waals surface area (Å²) < 4.78 is 13.2. The van der Waals surface area contributed by atoms with Gasteiger partial charge in [0, 0.05) is 70.6 Å². The van der Waals surface area contributed by atoms with Crippen molar-refractivity contribution in [3.05, 3.63) is 131 Å². The number of benzene rings is 4. The van der Waals surface area contributed by atoms with Gasteiger partial charge in [0.2, 0.25) is 11.8 Å². The molecular weight excluding hydrogens is 679 g/mol. The molecule has 0 saturated carbocycles. The monoisotopic (exact) mass is 733 g/mol. The number of hydrogen-bond donors (Lipinski definition) is 4. The Morgan fingerprint density at radius 3 is 2.02 bits per heavy atom. The second-order valence-corrected chi connectivity index (χ2v) is 14.5. The number of nitrogens with zero attached hydrogens (tertiary/aromatic N) is 2. The number of aliphatic hydroxyl groups is 1. The van der Waals surface area contributed by atoms with Crippen molar-refractivity contribution in [2.45, 2.75) is 83.1 Å². The van der Waals surface area contributed by atoms with E-state index >= 15 is 0 Å². The highest BCUT2D eigenvalue weighted by molar-refractivity contribution is 5.93. The van der Waals surface area contributed by atoms with E-state index in [1.165, 1.54) is 5.56 Å². The molecule has 0 aromatic heterocycles. The zero-order chi connectivity index (χ0) is 37.5. The Morgan fingerprint density at radius 1 is 0.685 bits per heavy atom. The van der Waals surface area contributed by atoms with Crippen molar-refractivity contribution in [2.75, 3.05) is 43.8 Å². The van der Waals surface area contributed by atoms with Gasteiger partial charge in [0.25, 0.3) is 0 Å². The SMILES string of the molecule is Nc1ccccc1NC(=O)CCCCCCC(=O)NCc1ccc([C@@H]2O[C@H](CN3CCN(Cc4ccccc4)CC3)C[C@H](c3ccc(CO)cc3)O2)cc1. The number of carbonyl (C=O) groups is 2. The maximum Gasteiger partial charge on any atom is 0.224 e. The highest BCUT2D eigenvalue weighted by Gasteiger charge is 2.33. The van der Waals surface area contributed by atoms with E-state index in [2.05, 4.69) is 50.8 Å². The molecule has 3 atom stereocenters. The van der Waals surface area contributed by atoms with Crippen LogP contribution in [0.15, 0.2) is 103 Å². The van der Waals surface area contributed by atoms with Crippen molar-refractivity contribution >= 4 is 23.2 Å². The Bertz CT molecular complexity index is 1750. The molecule has 0 aliphatic carbocycles. The fourth-order valence-electron chi connectivity index (χ4n) is 7.12. The molecular formula is C44H55N5O5.